The summed E-state index contributed by atoms with van der Waals surface area (Å²) in [6, 6.07) is 0. The Morgan fingerprint density at radius 3 is 1.93 bits per heavy atom. The van der Waals surface area contributed by atoms with Gasteiger partial charge in [-0.2, -0.15) is 0 Å². The van der Waals surface area contributed by atoms with Crippen molar-refractivity contribution in [2.24, 2.45) is 22.2 Å². The second-order valence-electron chi connectivity index (χ2n) is 6.95. The minimum absolute atomic E-state index is 0.00315. The van der Waals surface area contributed by atoms with Crippen LogP contribution in [0.4, 0.5) is 0 Å². The van der Waals surface area contributed by atoms with E-state index in [1.807, 2.05) is 0 Å². The summed E-state index contributed by atoms with van der Waals surface area (Å²) in [5.74, 6) is 0.763. The SMILES string of the molecule is CC(C)(CO)CNCC1C(C)(C)C1(C)C. The average molecular weight is 213 g/mol. The minimum Gasteiger partial charge on any atom is -0.396 e. The number of hydrogen-bond donors (Lipinski definition) is 2. The van der Waals surface area contributed by atoms with Gasteiger partial charge in [-0.1, -0.05) is 41.5 Å². The van der Waals surface area contributed by atoms with E-state index in [2.05, 4.69) is 46.9 Å². The van der Waals surface area contributed by atoms with E-state index in [0.29, 0.717) is 10.8 Å². The van der Waals surface area contributed by atoms with Crippen LogP contribution >= 0.6 is 0 Å². The van der Waals surface area contributed by atoms with Crippen LogP contribution < -0.4 is 5.32 Å². The molecule has 1 saturated carbocycles. The minimum atomic E-state index is 0.00315. The lowest BCUT2D eigenvalue weighted by molar-refractivity contribution is 0.156. The maximum atomic E-state index is 9.14. The van der Waals surface area contributed by atoms with E-state index in [0.717, 1.165) is 19.0 Å². The van der Waals surface area contributed by atoms with Crippen LogP contribution in [0.25, 0.3) is 0 Å². The van der Waals surface area contributed by atoms with E-state index in [4.69, 9.17) is 5.11 Å². The lowest BCUT2D eigenvalue weighted by Gasteiger charge is -2.22. The number of aliphatic hydroxyl groups excluding tert-OH is 1. The molecule has 90 valence electrons. The highest BCUT2D eigenvalue weighted by atomic mass is 16.3. The molecule has 0 aromatic rings. The van der Waals surface area contributed by atoms with Gasteiger partial charge in [0.25, 0.3) is 0 Å². The molecule has 0 atom stereocenters. The predicted octanol–water partition coefficient (Wildman–Crippen LogP) is 2.28. The molecule has 2 nitrogen and oxygen atoms in total. The Bertz CT molecular complexity index is 217. The monoisotopic (exact) mass is 213 g/mol. The van der Waals surface area contributed by atoms with Gasteiger partial charge in [-0.05, 0) is 23.3 Å². The molecule has 2 N–H and O–H groups in total. The lowest BCUT2D eigenvalue weighted by atomic mass is 9.95. The molecule has 0 aliphatic heterocycles. The standard InChI is InChI=1S/C13H27NO/c1-11(2,9-15)8-14-7-10-12(3,4)13(10,5)6/h10,14-15H,7-9H2,1-6H3. The number of aliphatic hydroxyl groups is 1. The van der Waals surface area contributed by atoms with Crippen LogP contribution in [0.1, 0.15) is 41.5 Å². The van der Waals surface area contributed by atoms with E-state index >= 15 is 0 Å². The largest absolute Gasteiger partial charge is 0.396 e. The number of rotatable bonds is 5. The first-order valence-corrected chi connectivity index (χ1v) is 5.97. The Labute approximate surface area is 94.5 Å². The molecule has 1 aliphatic carbocycles. The second kappa shape index (κ2) is 3.74. The fourth-order valence-corrected chi connectivity index (χ4v) is 2.45. The molecule has 0 saturated heterocycles. The topological polar surface area (TPSA) is 32.3 Å². The van der Waals surface area contributed by atoms with Crippen molar-refractivity contribution in [3.05, 3.63) is 0 Å². The van der Waals surface area contributed by atoms with Crippen molar-refractivity contribution in [2.75, 3.05) is 19.7 Å². The van der Waals surface area contributed by atoms with Crippen LogP contribution in [0, 0.1) is 22.2 Å². The first kappa shape index (κ1) is 13.0. The molecule has 2 heteroatoms. The maximum absolute atomic E-state index is 9.14. The van der Waals surface area contributed by atoms with Crippen LogP contribution in [0.3, 0.4) is 0 Å². The van der Waals surface area contributed by atoms with Crippen molar-refractivity contribution >= 4 is 0 Å². The molecule has 0 aromatic heterocycles. The molecule has 0 spiro atoms. The molecule has 1 fully saturated rings. The van der Waals surface area contributed by atoms with E-state index in [9.17, 15) is 0 Å². The average Bonchev–Trinajstić information content (AvgIpc) is 2.47. The van der Waals surface area contributed by atoms with Crippen LogP contribution in [-0.2, 0) is 0 Å². The highest BCUT2D eigenvalue weighted by Crippen LogP contribution is 2.67. The van der Waals surface area contributed by atoms with E-state index in [1.165, 1.54) is 0 Å². The summed E-state index contributed by atoms with van der Waals surface area (Å²) in [6.45, 7) is 15.8. The van der Waals surface area contributed by atoms with Crippen LogP contribution in [-0.4, -0.2) is 24.8 Å². The second-order valence-corrected chi connectivity index (χ2v) is 6.95. The maximum Gasteiger partial charge on any atom is 0.0494 e. The van der Waals surface area contributed by atoms with Crippen LogP contribution in [0.5, 0.6) is 0 Å². The first-order valence-electron chi connectivity index (χ1n) is 5.97. The molecule has 0 heterocycles. The number of nitrogens with one attached hydrogen (secondary N) is 1. The van der Waals surface area contributed by atoms with Crippen molar-refractivity contribution in [1.29, 1.82) is 0 Å². The van der Waals surface area contributed by atoms with E-state index < -0.39 is 0 Å². The van der Waals surface area contributed by atoms with Crippen LogP contribution in [0.2, 0.25) is 0 Å². The van der Waals surface area contributed by atoms with Gasteiger partial charge in [-0.25, -0.2) is 0 Å². The van der Waals surface area contributed by atoms with Crippen molar-refractivity contribution < 1.29 is 5.11 Å². The highest BCUT2D eigenvalue weighted by molar-refractivity contribution is 5.12. The third kappa shape index (κ3) is 2.36. The third-order valence-electron chi connectivity index (χ3n) is 4.70. The van der Waals surface area contributed by atoms with E-state index in [-0.39, 0.29) is 12.0 Å². The van der Waals surface area contributed by atoms with Crippen molar-refractivity contribution in [3.63, 3.8) is 0 Å². The van der Waals surface area contributed by atoms with Gasteiger partial charge in [0.1, 0.15) is 0 Å². The fourth-order valence-electron chi connectivity index (χ4n) is 2.45. The Kier molecular flexibility index (Phi) is 3.24. The Hall–Kier alpha value is -0.0800. The Morgan fingerprint density at radius 1 is 1.13 bits per heavy atom. The summed E-state index contributed by atoms with van der Waals surface area (Å²) >= 11 is 0. The molecule has 1 aliphatic rings. The zero-order valence-electron chi connectivity index (χ0n) is 11.1. The molecule has 0 radical (unpaired) electrons. The van der Waals surface area contributed by atoms with E-state index in [1.54, 1.807) is 0 Å². The molecule has 0 unspecified atom stereocenters. The molecule has 0 aromatic carbocycles. The Morgan fingerprint density at radius 2 is 1.60 bits per heavy atom. The predicted molar refractivity (Wildman–Crippen MR) is 64.8 cm³/mol. The normalized spacial score (nSPS) is 24.2. The molecule has 1 rings (SSSR count). The van der Waals surface area contributed by atoms with Crippen molar-refractivity contribution in [3.8, 4) is 0 Å². The quantitative estimate of drug-likeness (QED) is 0.734. The molecular formula is C13H27NO. The van der Waals surface area contributed by atoms with Gasteiger partial charge >= 0.3 is 0 Å². The van der Waals surface area contributed by atoms with Crippen LogP contribution in [0.15, 0.2) is 0 Å². The summed E-state index contributed by atoms with van der Waals surface area (Å²) in [5, 5.41) is 12.6. The smallest absolute Gasteiger partial charge is 0.0494 e. The molecule has 0 bridgehead atoms. The van der Waals surface area contributed by atoms with Gasteiger partial charge in [0, 0.05) is 18.6 Å². The summed E-state index contributed by atoms with van der Waals surface area (Å²) in [7, 11) is 0. The highest BCUT2D eigenvalue weighted by Gasteiger charge is 2.63. The summed E-state index contributed by atoms with van der Waals surface area (Å²) in [5.41, 5.74) is 0.926. The molecule has 0 amide bonds. The lowest BCUT2D eigenvalue weighted by Crippen LogP contribution is -2.34. The van der Waals surface area contributed by atoms with Crippen molar-refractivity contribution in [2.45, 2.75) is 41.5 Å². The summed E-state index contributed by atoms with van der Waals surface area (Å²) in [4.78, 5) is 0. The molecule has 15 heavy (non-hydrogen) atoms. The van der Waals surface area contributed by atoms with Gasteiger partial charge in [0.2, 0.25) is 0 Å². The van der Waals surface area contributed by atoms with Gasteiger partial charge in [0.15, 0.2) is 0 Å². The third-order valence-corrected chi connectivity index (χ3v) is 4.70. The first-order chi connectivity index (χ1) is 6.65. The fraction of sp³-hybridized carbons (Fsp3) is 1.00. The van der Waals surface area contributed by atoms with Gasteiger partial charge < -0.3 is 10.4 Å². The van der Waals surface area contributed by atoms with Crippen molar-refractivity contribution in [1.82, 2.24) is 5.32 Å². The zero-order valence-corrected chi connectivity index (χ0v) is 11.1. The summed E-state index contributed by atoms with van der Waals surface area (Å²) in [6.07, 6.45) is 0. The number of hydrogen-bond acceptors (Lipinski definition) is 2. The zero-order chi connectivity index (χ0) is 11.9. The Balaban J connectivity index is 2.30. The van der Waals surface area contributed by atoms with Gasteiger partial charge in [-0.15, -0.1) is 0 Å². The van der Waals surface area contributed by atoms with Gasteiger partial charge in [0.05, 0.1) is 0 Å². The van der Waals surface area contributed by atoms with Gasteiger partial charge in [-0.3, -0.25) is 0 Å². The molecular weight excluding hydrogens is 186 g/mol. The summed E-state index contributed by atoms with van der Waals surface area (Å²) < 4.78 is 0.